The molecule has 5 atom stereocenters. The van der Waals surface area contributed by atoms with Crippen LogP contribution in [0.2, 0.25) is 0 Å². The Bertz CT molecular complexity index is 909. The van der Waals surface area contributed by atoms with Gasteiger partial charge in [0.2, 0.25) is 0 Å². The first-order valence-corrected chi connectivity index (χ1v) is 9.56. The fraction of sp³-hybridized carbons (Fsp3) is 0.476. The van der Waals surface area contributed by atoms with Crippen molar-refractivity contribution in [3.05, 3.63) is 58.9 Å². The molecule has 3 aliphatic rings. The number of benzene rings is 1. The molecule has 3 heterocycles. The maximum absolute atomic E-state index is 11.4. The summed E-state index contributed by atoms with van der Waals surface area (Å²) in [7, 11) is 3.95. The first-order valence-electron chi connectivity index (χ1n) is 9.56. The van der Waals surface area contributed by atoms with Gasteiger partial charge in [-0.1, -0.05) is 36.4 Å². The topological polar surface area (TPSA) is 88.2 Å². The summed E-state index contributed by atoms with van der Waals surface area (Å²) in [6.45, 7) is 0.173. The number of nitrogens with zero attached hydrogens (tertiary/aromatic N) is 2. The molecule has 0 radical (unpaired) electrons. The van der Waals surface area contributed by atoms with Crippen molar-refractivity contribution in [2.45, 2.75) is 36.9 Å². The van der Waals surface area contributed by atoms with Crippen LogP contribution in [0.1, 0.15) is 35.5 Å². The van der Waals surface area contributed by atoms with Crippen LogP contribution in [0.5, 0.6) is 5.88 Å². The van der Waals surface area contributed by atoms with Crippen LogP contribution in [0.3, 0.4) is 0 Å². The average Bonchev–Trinajstić information content (AvgIpc) is 3.38. The maximum atomic E-state index is 11.4. The number of hydrogen-bond donors (Lipinski definition) is 2. The summed E-state index contributed by atoms with van der Waals surface area (Å²) in [5.41, 5.74) is 1.29. The Labute approximate surface area is 163 Å². The Morgan fingerprint density at radius 1 is 1.29 bits per heavy atom. The van der Waals surface area contributed by atoms with Crippen molar-refractivity contribution in [2.24, 2.45) is 5.92 Å². The number of rotatable bonds is 5. The van der Waals surface area contributed by atoms with Crippen molar-refractivity contribution < 1.29 is 24.2 Å². The maximum Gasteiger partial charge on any atom is 0.260 e. The number of aliphatic hydroxyl groups excluding tert-OH is 2. The molecule has 0 saturated carbocycles. The molecule has 1 aromatic carbocycles. The molecule has 2 N–H and O–H groups in total. The van der Waals surface area contributed by atoms with Crippen LogP contribution in [-0.4, -0.2) is 52.7 Å². The van der Waals surface area contributed by atoms with E-state index in [4.69, 9.17) is 14.0 Å². The lowest BCUT2D eigenvalue weighted by molar-refractivity contribution is -0.116. The number of aliphatic hydroxyl groups is 2. The van der Waals surface area contributed by atoms with Gasteiger partial charge in [-0.25, -0.2) is 0 Å². The van der Waals surface area contributed by atoms with Gasteiger partial charge in [-0.2, -0.15) is 0 Å². The summed E-state index contributed by atoms with van der Waals surface area (Å²) >= 11 is 0. The number of aromatic nitrogens is 1. The van der Waals surface area contributed by atoms with Crippen molar-refractivity contribution in [3.8, 4) is 5.88 Å². The number of fused-ring (bicyclic) bond motifs is 2. The van der Waals surface area contributed by atoms with Crippen LogP contribution in [-0.2, 0) is 11.3 Å². The van der Waals surface area contributed by atoms with E-state index >= 15 is 0 Å². The minimum Gasteiger partial charge on any atom is -0.470 e. The zero-order valence-corrected chi connectivity index (χ0v) is 15.9. The molecule has 2 bridgehead atoms. The van der Waals surface area contributed by atoms with Crippen molar-refractivity contribution >= 4 is 0 Å². The predicted molar refractivity (Wildman–Crippen MR) is 99.5 cm³/mol. The highest BCUT2D eigenvalue weighted by Crippen LogP contribution is 2.63. The molecular formula is C21H24N2O5. The average molecular weight is 384 g/mol. The molecule has 2 aliphatic heterocycles. The zero-order chi connectivity index (χ0) is 19.5. The highest BCUT2D eigenvalue weighted by Gasteiger charge is 2.66. The van der Waals surface area contributed by atoms with Gasteiger partial charge in [-0.3, -0.25) is 4.90 Å². The molecule has 0 unspecified atom stereocenters. The summed E-state index contributed by atoms with van der Waals surface area (Å²) in [6.07, 6.45) is 1.60. The lowest BCUT2D eigenvalue weighted by Crippen LogP contribution is -2.52. The second-order valence-electron chi connectivity index (χ2n) is 7.99. The van der Waals surface area contributed by atoms with Crippen molar-refractivity contribution in [2.75, 3.05) is 20.7 Å². The van der Waals surface area contributed by atoms with Crippen LogP contribution in [0.15, 0.2) is 46.5 Å². The van der Waals surface area contributed by atoms with Gasteiger partial charge in [0, 0.05) is 5.92 Å². The summed E-state index contributed by atoms with van der Waals surface area (Å²) < 4.78 is 17.9. The van der Waals surface area contributed by atoms with Gasteiger partial charge in [-0.15, -0.1) is 0 Å². The molecule has 1 saturated heterocycles. The second-order valence-corrected chi connectivity index (χ2v) is 7.99. The summed E-state index contributed by atoms with van der Waals surface area (Å²) in [6, 6.07) is 9.65. The molecule has 2 aromatic rings. The quantitative estimate of drug-likeness (QED) is 0.762. The Hall–Kier alpha value is -2.19. The highest BCUT2D eigenvalue weighted by atomic mass is 16.6. The highest BCUT2D eigenvalue weighted by molar-refractivity contribution is 5.47. The van der Waals surface area contributed by atoms with E-state index in [-0.39, 0.29) is 30.6 Å². The Morgan fingerprint density at radius 3 is 2.79 bits per heavy atom. The van der Waals surface area contributed by atoms with E-state index in [9.17, 15) is 10.2 Å². The molecule has 1 aromatic heterocycles. The van der Waals surface area contributed by atoms with E-state index in [1.807, 2.05) is 50.5 Å². The van der Waals surface area contributed by atoms with Crippen LogP contribution in [0, 0.1) is 5.92 Å². The molecule has 28 heavy (non-hydrogen) atoms. The van der Waals surface area contributed by atoms with Crippen molar-refractivity contribution in [1.29, 1.82) is 0 Å². The molecule has 7 nitrogen and oxygen atoms in total. The minimum atomic E-state index is -1.01. The molecule has 0 amide bonds. The van der Waals surface area contributed by atoms with E-state index in [0.717, 1.165) is 17.6 Å². The third kappa shape index (κ3) is 2.34. The minimum absolute atomic E-state index is 0.0305. The first kappa shape index (κ1) is 17.9. The van der Waals surface area contributed by atoms with Crippen molar-refractivity contribution in [3.63, 3.8) is 0 Å². The van der Waals surface area contributed by atoms with Gasteiger partial charge in [-0.05, 0) is 36.8 Å². The van der Waals surface area contributed by atoms with Gasteiger partial charge < -0.3 is 24.2 Å². The summed E-state index contributed by atoms with van der Waals surface area (Å²) in [5, 5.41) is 25.5. The van der Waals surface area contributed by atoms with E-state index in [0.29, 0.717) is 17.9 Å². The van der Waals surface area contributed by atoms with Crippen LogP contribution in [0.4, 0.5) is 0 Å². The molecule has 1 spiro atoms. The lowest BCUT2D eigenvalue weighted by Gasteiger charge is -2.46. The molecule has 148 valence electrons. The third-order valence-corrected chi connectivity index (χ3v) is 6.27. The summed E-state index contributed by atoms with van der Waals surface area (Å²) in [4.78, 5) is 2.06. The molecule has 1 fully saturated rings. The molecule has 7 heteroatoms. The molecule has 5 rings (SSSR count). The van der Waals surface area contributed by atoms with E-state index in [1.165, 1.54) is 0 Å². The SMILES string of the molecule is CN(C)[C@@H]1c2onc(OCc3ccccc3)c2[C@@H](O)[C@]23O[C@@H](C=C2CO)C[C@@H]13. The fourth-order valence-corrected chi connectivity index (χ4v) is 5.15. The second kappa shape index (κ2) is 6.42. The van der Waals surface area contributed by atoms with Crippen LogP contribution in [0.25, 0.3) is 0 Å². The summed E-state index contributed by atoms with van der Waals surface area (Å²) in [5.74, 6) is 0.865. The van der Waals surface area contributed by atoms with Crippen LogP contribution < -0.4 is 4.74 Å². The van der Waals surface area contributed by atoms with Gasteiger partial charge in [0.25, 0.3) is 5.88 Å². The van der Waals surface area contributed by atoms with Gasteiger partial charge in [0.05, 0.1) is 24.3 Å². The van der Waals surface area contributed by atoms with E-state index < -0.39 is 11.7 Å². The first-order chi connectivity index (χ1) is 13.6. The Morgan fingerprint density at radius 2 is 2.07 bits per heavy atom. The Balaban J connectivity index is 1.56. The van der Waals surface area contributed by atoms with Gasteiger partial charge >= 0.3 is 0 Å². The number of hydrogen-bond acceptors (Lipinski definition) is 7. The standard InChI is InChI=1S/C21H24N2O5/c1-23(2)17-15-9-14-8-13(10-24)21(15,27-14)19(25)16-18(17)28-22-20(16)26-11-12-6-4-3-5-7-12/h3-8,14-15,17,19,24-25H,9-11H2,1-2H3/t14-,15-,17-,19+,21-/m0/s1. The van der Waals surface area contributed by atoms with E-state index in [2.05, 4.69) is 10.1 Å². The third-order valence-electron chi connectivity index (χ3n) is 6.27. The predicted octanol–water partition coefficient (Wildman–Crippen LogP) is 1.98. The smallest absolute Gasteiger partial charge is 0.260 e. The fourth-order valence-electron chi connectivity index (χ4n) is 5.15. The van der Waals surface area contributed by atoms with E-state index in [1.54, 1.807) is 0 Å². The molecular weight excluding hydrogens is 360 g/mol. The van der Waals surface area contributed by atoms with Crippen LogP contribution >= 0.6 is 0 Å². The van der Waals surface area contributed by atoms with Crippen molar-refractivity contribution in [1.82, 2.24) is 10.1 Å². The molecule has 1 aliphatic carbocycles. The van der Waals surface area contributed by atoms with Gasteiger partial charge in [0.1, 0.15) is 18.3 Å². The lowest BCUT2D eigenvalue weighted by atomic mass is 9.64. The largest absolute Gasteiger partial charge is 0.470 e. The monoisotopic (exact) mass is 384 g/mol. The Kier molecular flexibility index (Phi) is 4.10. The normalized spacial score (nSPS) is 33.0. The number of ether oxygens (including phenoxy) is 2. The zero-order valence-electron chi connectivity index (χ0n) is 15.9. The van der Waals surface area contributed by atoms with Gasteiger partial charge in [0.15, 0.2) is 5.76 Å².